The molecule has 1 amide bonds. The van der Waals surface area contributed by atoms with Crippen LogP contribution >= 0.6 is 11.6 Å². The topological polar surface area (TPSA) is 88.1 Å². The van der Waals surface area contributed by atoms with E-state index >= 15 is 0 Å². The van der Waals surface area contributed by atoms with Crippen molar-refractivity contribution in [1.82, 2.24) is 4.98 Å². The van der Waals surface area contributed by atoms with Gasteiger partial charge in [0.1, 0.15) is 11.5 Å². The minimum absolute atomic E-state index is 0.307. The highest BCUT2D eigenvalue weighted by Crippen LogP contribution is 2.47. The highest BCUT2D eigenvalue weighted by molar-refractivity contribution is 6.35. The van der Waals surface area contributed by atoms with Crippen LogP contribution in [0.2, 0.25) is 5.02 Å². The van der Waals surface area contributed by atoms with Gasteiger partial charge in [-0.2, -0.15) is 0 Å². The second-order valence-corrected chi connectivity index (χ2v) is 6.87. The number of amides is 1. The summed E-state index contributed by atoms with van der Waals surface area (Å²) < 4.78 is 26.7. The smallest absolute Gasteiger partial charge is 0.257 e. The second kappa shape index (κ2) is 10.1. The highest BCUT2D eigenvalue weighted by atomic mass is 35.5. The molecule has 8 nitrogen and oxygen atoms in total. The average Bonchev–Trinajstić information content (AvgIpc) is 2.83. The number of halogens is 1. The summed E-state index contributed by atoms with van der Waals surface area (Å²) in [6, 6.07) is 8.48. The number of anilines is 1. The molecule has 0 saturated heterocycles. The van der Waals surface area contributed by atoms with Crippen LogP contribution in [-0.4, -0.2) is 46.4 Å². The third-order valence-corrected chi connectivity index (χ3v) is 5.11. The van der Waals surface area contributed by atoms with Crippen LogP contribution in [0.5, 0.6) is 28.7 Å². The van der Waals surface area contributed by atoms with Gasteiger partial charge in [-0.05, 0) is 24.3 Å². The number of hydrogen-bond acceptors (Lipinski definition) is 7. The number of rotatable bonds is 8. The Labute approximate surface area is 191 Å². The van der Waals surface area contributed by atoms with Crippen LogP contribution in [0.3, 0.4) is 0 Å². The summed E-state index contributed by atoms with van der Waals surface area (Å²) in [5.74, 6) is 1.83. The molecule has 0 fully saturated rings. The summed E-state index contributed by atoms with van der Waals surface area (Å²) in [5.41, 5.74) is 1.99. The van der Waals surface area contributed by atoms with Crippen molar-refractivity contribution in [2.45, 2.75) is 0 Å². The van der Waals surface area contributed by atoms with Crippen molar-refractivity contribution in [3.8, 4) is 39.9 Å². The molecule has 32 heavy (non-hydrogen) atoms. The fourth-order valence-corrected chi connectivity index (χ4v) is 3.47. The summed E-state index contributed by atoms with van der Waals surface area (Å²) in [7, 11) is 7.56. The van der Waals surface area contributed by atoms with Crippen molar-refractivity contribution in [1.29, 1.82) is 0 Å². The lowest BCUT2D eigenvalue weighted by Crippen LogP contribution is -2.13. The van der Waals surface area contributed by atoms with Gasteiger partial charge in [0.25, 0.3) is 5.91 Å². The van der Waals surface area contributed by atoms with E-state index in [1.165, 1.54) is 34.6 Å². The maximum absolute atomic E-state index is 12.9. The Morgan fingerprint density at radius 2 is 1.56 bits per heavy atom. The van der Waals surface area contributed by atoms with E-state index in [-0.39, 0.29) is 5.91 Å². The summed E-state index contributed by atoms with van der Waals surface area (Å²) in [6.45, 7) is 0. The van der Waals surface area contributed by atoms with Gasteiger partial charge in [-0.1, -0.05) is 11.6 Å². The van der Waals surface area contributed by atoms with Crippen LogP contribution in [0.25, 0.3) is 11.1 Å². The number of carbonyl (C=O) groups excluding carboxylic acids is 1. The first kappa shape index (κ1) is 23.0. The van der Waals surface area contributed by atoms with Gasteiger partial charge in [0.15, 0.2) is 11.5 Å². The quantitative estimate of drug-likeness (QED) is 0.523. The highest BCUT2D eigenvalue weighted by Gasteiger charge is 2.21. The standard InChI is InChI=1S/C23H23ClN2O6/c1-28-15-6-7-17(18(9-15)29-2)26-23(27)14-8-13(11-25-12-14)16-10-19(30-3)21(31-4)22(32-5)20(16)24/h6-12H,1-5H3,(H,26,27). The molecule has 0 aliphatic carbocycles. The van der Waals surface area contributed by atoms with E-state index in [9.17, 15) is 4.79 Å². The van der Waals surface area contributed by atoms with Crippen LogP contribution < -0.4 is 29.0 Å². The number of ether oxygens (including phenoxy) is 5. The van der Waals surface area contributed by atoms with Crippen LogP contribution in [-0.2, 0) is 0 Å². The van der Waals surface area contributed by atoms with Gasteiger partial charge in [-0.15, -0.1) is 0 Å². The molecule has 0 unspecified atom stereocenters. The van der Waals surface area contributed by atoms with Crippen LogP contribution in [0.1, 0.15) is 10.4 Å². The minimum atomic E-state index is -0.369. The number of aromatic nitrogens is 1. The van der Waals surface area contributed by atoms with E-state index < -0.39 is 0 Å². The van der Waals surface area contributed by atoms with Crippen LogP contribution in [0, 0.1) is 0 Å². The number of pyridine rings is 1. The second-order valence-electron chi connectivity index (χ2n) is 6.49. The molecule has 0 spiro atoms. The lowest BCUT2D eigenvalue weighted by atomic mass is 10.0. The van der Waals surface area contributed by atoms with Crippen LogP contribution in [0.15, 0.2) is 42.7 Å². The Balaban J connectivity index is 1.98. The van der Waals surface area contributed by atoms with Gasteiger partial charge >= 0.3 is 0 Å². The largest absolute Gasteiger partial charge is 0.497 e. The number of methoxy groups -OCH3 is 5. The van der Waals surface area contributed by atoms with Crippen molar-refractivity contribution >= 4 is 23.2 Å². The lowest BCUT2D eigenvalue weighted by molar-refractivity contribution is 0.102. The van der Waals surface area contributed by atoms with Gasteiger partial charge in [0.05, 0.1) is 51.8 Å². The maximum Gasteiger partial charge on any atom is 0.257 e. The predicted octanol–water partition coefficient (Wildman–Crippen LogP) is 4.70. The maximum atomic E-state index is 12.9. The molecular weight excluding hydrogens is 436 g/mol. The van der Waals surface area contributed by atoms with E-state index in [1.807, 2.05) is 0 Å². The van der Waals surface area contributed by atoms with Crippen LogP contribution in [0.4, 0.5) is 5.69 Å². The first-order valence-electron chi connectivity index (χ1n) is 9.44. The van der Waals surface area contributed by atoms with Crippen molar-refractivity contribution in [3.05, 3.63) is 53.3 Å². The Kier molecular flexibility index (Phi) is 7.27. The van der Waals surface area contributed by atoms with E-state index in [0.717, 1.165) is 0 Å². The number of benzene rings is 2. The molecule has 0 radical (unpaired) electrons. The Morgan fingerprint density at radius 1 is 0.844 bits per heavy atom. The van der Waals surface area contributed by atoms with Gasteiger partial charge in [0, 0.05) is 29.6 Å². The molecule has 1 aromatic heterocycles. The van der Waals surface area contributed by atoms with Gasteiger partial charge in [-0.25, -0.2) is 0 Å². The van der Waals surface area contributed by atoms with Crippen molar-refractivity contribution < 1.29 is 28.5 Å². The fraction of sp³-hybridized carbons (Fsp3) is 0.217. The third kappa shape index (κ3) is 4.50. The Morgan fingerprint density at radius 3 is 2.19 bits per heavy atom. The van der Waals surface area contributed by atoms with Gasteiger partial charge in [-0.3, -0.25) is 9.78 Å². The summed E-state index contributed by atoms with van der Waals surface area (Å²) >= 11 is 6.57. The molecule has 0 aliphatic heterocycles. The zero-order chi connectivity index (χ0) is 23.3. The zero-order valence-corrected chi connectivity index (χ0v) is 19.1. The molecule has 0 aliphatic rings. The molecule has 3 aromatic rings. The normalized spacial score (nSPS) is 10.3. The molecule has 0 bridgehead atoms. The van der Waals surface area contributed by atoms with Crippen molar-refractivity contribution in [2.24, 2.45) is 0 Å². The number of carbonyl (C=O) groups is 1. The molecule has 1 N–H and O–H groups in total. The van der Waals surface area contributed by atoms with Gasteiger partial charge in [0.2, 0.25) is 5.75 Å². The number of nitrogens with zero attached hydrogens (tertiary/aromatic N) is 1. The fourth-order valence-electron chi connectivity index (χ4n) is 3.14. The Hall–Kier alpha value is -3.65. The summed E-state index contributed by atoms with van der Waals surface area (Å²) in [6.07, 6.45) is 3.05. The van der Waals surface area contributed by atoms with Crippen molar-refractivity contribution in [3.63, 3.8) is 0 Å². The molecule has 168 valence electrons. The molecule has 0 saturated carbocycles. The summed E-state index contributed by atoms with van der Waals surface area (Å²) in [5, 5.41) is 3.13. The molecule has 9 heteroatoms. The molecule has 3 rings (SSSR count). The third-order valence-electron chi connectivity index (χ3n) is 4.74. The summed E-state index contributed by atoms with van der Waals surface area (Å²) in [4.78, 5) is 17.1. The molecular formula is C23H23ClN2O6. The molecule has 0 atom stereocenters. The number of hydrogen-bond donors (Lipinski definition) is 1. The SMILES string of the molecule is COc1ccc(NC(=O)c2cncc(-c3cc(OC)c(OC)c(OC)c3Cl)c2)c(OC)c1. The lowest BCUT2D eigenvalue weighted by Gasteiger charge is -2.17. The van der Waals surface area contributed by atoms with Gasteiger partial charge < -0.3 is 29.0 Å². The molecule has 1 heterocycles. The number of nitrogens with one attached hydrogen (secondary N) is 1. The first-order valence-corrected chi connectivity index (χ1v) is 9.82. The minimum Gasteiger partial charge on any atom is -0.497 e. The van der Waals surface area contributed by atoms with Crippen molar-refractivity contribution in [2.75, 3.05) is 40.9 Å². The van der Waals surface area contributed by atoms with E-state index in [0.29, 0.717) is 56.1 Å². The zero-order valence-electron chi connectivity index (χ0n) is 18.3. The van der Waals surface area contributed by atoms with E-state index in [1.54, 1.807) is 43.6 Å². The van der Waals surface area contributed by atoms with E-state index in [4.69, 9.17) is 35.3 Å². The average molecular weight is 459 g/mol. The Bertz CT molecular complexity index is 1140. The van der Waals surface area contributed by atoms with E-state index in [2.05, 4.69) is 10.3 Å². The molecule has 2 aromatic carbocycles. The predicted molar refractivity (Wildman–Crippen MR) is 122 cm³/mol. The first-order chi connectivity index (χ1) is 15.5. The monoisotopic (exact) mass is 458 g/mol.